The molecule has 0 aliphatic carbocycles. The Morgan fingerprint density at radius 3 is 2.50 bits per heavy atom. The predicted octanol–water partition coefficient (Wildman–Crippen LogP) is 1.64. The molecule has 3 rings (SSSR count). The fourth-order valence-corrected chi connectivity index (χ4v) is 3.54. The van der Waals surface area contributed by atoms with E-state index >= 15 is 0 Å². The Morgan fingerprint density at radius 1 is 1.15 bits per heavy atom. The molecule has 9 heteroatoms. The molecule has 0 radical (unpaired) electrons. The van der Waals surface area contributed by atoms with Gasteiger partial charge in [0.05, 0.1) is 10.6 Å². The first-order valence-electron chi connectivity index (χ1n) is 7.56. The van der Waals surface area contributed by atoms with Gasteiger partial charge in [-0.25, -0.2) is 17.9 Å². The van der Waals surface area contributed by atoms with Crippen molar-refractivity contribution in [1.82, 2.24) is 19.2 Å². The lowest BCUT2D eigenvalue weighted by Gasteiger charge is -2.06. The second kappa shape index (κ2) is 6.98. The quantitative estimate of drug-likeness (QED) is 0.402. The van der Waals surface area contributed by atoms with Crippen LogP contribution in [0.15, 0.2) is 66.0 Å². The van der Waals surface area contributed by atoms with E-state index in [1.165, 1.54) is 36.1 Å². The number of rotatable bonds is 5. The lowest BCUT2D eigenvalue weighted by molar-refractivity contribution is -0.124. The van der Waals surface area contributed by atoms with Gasteiger partial charge in [0.1, 0.15) is 0 Å². The summed E-state index contributed by atoms with van der Waals surface area (Å²) >= 11 is 0. The zero-order valence-electron chi connectivity index (χ0n) is 13.8. The number of carbonyl (C=O) groups excluding carboxylic acids is 1. The SMILES string of the molecule is Cn1ccc(-c2ccc(S(=O)(=O)n3ccc(/C=C/C(=O)NO)c3)cc2)n1. The molecule has 0 atom stereocenters. The summed E-state index contributed by atoms with van der Waals surface area (Å²) in [6, 6.07) is 9.83. The molecule has 0 fully saturated rings. The van der Waals surface area contributed by atoms with Crippen LogP contribution in [0.1, 0.15) is 5.56 Å². The number of amides is 1. The van der Waals surface area contributed by atoms with E-state index in [9.17, 15) is 13.2 Å². The smallest absolute Gasteiger partial charge is 0.267 e. The van der Waals surface area contributed by atoms with Crippen molar-refractivity contribution in [2.24, 2.45) is 7.05 Å². The maximum absolute atomic E-state index is 12.7. The lowest BCUT2D eigenvalue weighted by atomic mass is 10.2. The van der Waals surface area contributed by atoms with Gasteiger partial charge in [0.15, 0.2) is 0 Å². The second-order valence-electron chi connectivity index (χ2n) is 5.49. The van der Waals surface area contributed by atoms with Gasteiger partial charge in [-0.05, 0) is 35.9 Å². The van der Waals surface area contributed by atoms with Gasteiger partial charge < -0.3 is 0 Å². The van der Waals surface area contributed by atoms with Crippen molar-refractivity contribution in [3.8, 4) is 11.3 Å². The molecule has 8 nitrogen and oxygen atoms in total. The van der Waals surface area contributed by atoms with Gasteiger partial charge in [-0.2, -0.15) is 5.10 Å². The fraction of sp³-hybridized carbons (Fsp3) is 0.0588. The maximum Gasteiger partial charge on any atom is 0.267 e. The Labute approximate surface area is 150 Å². The van der Waals surface area contributed by atoms with Gasteiger partial charge >= 0.3 is 0 Å². The molecule has 0 bridgehead atoms. The monoisotopic (exact) mass is 372 g/mol. The first-order chi connectivity index (χ1) is 12.4. The summed E-state index contributed by atoms with van der Waals surface area (Å²) in [7, 11) is -1.94. The summed E-state index contributed by atoms with van der Waals surface area (Å²) in [5, 5.41) is 12.7. The largest absolute Gasteiger partial charge is 0.288 e. The third kappa shape index (κ3) is 3.58. The minimum absolute atomic E-state index is 0.136. The average Bonchev–Trinajstić information content (AvgIpc) is 3.29. The third-order valence-electron chi connectivity index (χ3n) is 3.67. The highest BCUT2D eigenvalue weighted by Gasteiger charge is 2.16. The van der Waals surface area contributed by atoms with Crippen LogP contribution in [0.5, 0.6) is 0 Å². The van der Waals surface area contributed by atoms with Crippen LogP contribution in [0.25, 0.3) is 17.3 Å². The number of hydrogen-bond donors (Lipinski definition) is 2. The summed E-state index contributed by atoms with van der Waals surface area (Å²) in [6.45, 7) is 0. The number of nitrogens with one attached hydrogen (secondary N) is 1. The van der Waals surface area contributed by atoms with Gasteiger partial charge in [-0.1, -0.05) is 12.1 Å². The van der Waals surface area contributed by atoms with Crippen LogP contribution < -0.4 is 5.48 Å². The molecule has 0 aliphatic rings. The van der Waals surface area contributed by atoms with Crippen LogP contribution in [-0.4, -0.2) is 33.3 Å². The number of hydrogen-bond acceptors (Lipinski definition) is 5. The van der Waals surface area contributed by atoms with Gasteiger partial charge in [-0.3, -0.25) is 14.7 Å². The van der Waals surface area contributed by atoms with Crippen LogP contribution in [0.2, 0.25) is 0 Å². The van der Waals surface area contributed by atoms with E-state index in [4.69, 9.17) is 5.21 Å². The summed E-state index contributed by atoms with van der Waals surface area (Å²) in [4.78, 5) is 11.1. The summed E-state index contributed by atoms with van der Waals surface area (Å²) < 4.78 is 28.1. The van der Waals surface area contributed by atoms with Crippen LogP contribution in [-0.2, 0) is 21.9 Å². The number of aryl methyl sites for hydroxylation is 1. The second-order valence-corrected chi connectivity index (χ2v) is 7.33. The summed E-state index contributed by atoms with van der Waals surface area (Å²) in [6.07, 6.45) is 7.06. The molecule has 134 valence electrons. The first kappa shape index (κ1) is 17.6. The van der Waals surface area contributed by atoms with Gasteiger partial charge in [-0.15, -0.1) is 0 Å². The predicted molar refractivity (Wildman–Crippen MR) is 94.6 cm³/mol. The van der Waals surface area contributed by atoms with E-state index in [2.05, 4.69) is 5.10 Å². The molecule has 1 aromatic carbocycles. The minimum atomic E-state index is -3.75. The Bertz CT molecular complexity index is 1060. The van der Waals surface area contributed by atoms with Crippen LogP contribution in [0.4, 0.5) is 0 Å². The van der Waals surface area contributed by atoms with Gasteiger partial charge in [0, 0.05) is 37.3 Å². The van der Waals surface area contributed by atoms with Crippen LogP contribution in [0.3, 0.4) is 0 Å². The molecule has 1 amide bonds. The minimum Gasteiger partial charge on any atom is -0.288 e. The Morgan fingerprint density at radius 2 is 1.88 bits per heavy atom. The van der Waals surface area contributed by atoms with Crippen molar-refractivity contribution >= 4 is 22.0 Å². The first-order valence-corrected chi connectivity index (χ1v) is 9.00. The standard InChI is InChI=1S/C17H16N4O4S/c1-20-10-9-16(18-20)14-3-5-15(6-4-14)26(24,25)21-11-8-13(12-21)2-7-17(22)19-23/h2-12,23H,1H3,(H,19,22)/b7-2+. The van der Waals surface area contributed by atoms with Crippen LogP contribution in [0, 0.1) is 0 Å². The van der Waals surface area contributed by atoms with E-state index in [1.807, 2.05) is 19.3 Å². The van der Waals surface area contributed by atoms with Gasteiger partial charge in [0.25, 0.3) is 15.9 Å². The van der Waals surface area contributed by atoms with Crippen LogP contribution >= 0.6 is 0 Å². The molecule has 3 aromatic rings. The Balaban J connectivity index is 1.85. The highest BCUT2D eigenvalue weighted by Crippen LogP contribution is 2.21. The van der Waals surface area contributed by atoms with Crippen molar-refractivity contribution in [2.75, 3.05) is 0 Å². The number of nitrogens with zero attached hydrogens (tertiary/aromatic N) is 3. The van der Waals surface area contributed by atoms with Crippen molar-refractivity contribution in [1.29, 1.82) is 0 Å². The topological polar surface area (TPSA) is 106 Å². The van der Waals surface area contributed by atoms with E-state index in [-0.39, 0.29) is 4.90 Å². The van der Waals surface area contributed by atoms with E-state index in [0.717, 1.165) is 21.3 Å². The zero-order valence-corrected chi connectivity index (χ0v) is 14.6. The Hall–Kier alpha value is -3.17. The normalized spacial score (nSPS) is 11.8. The average molecular weight is 372 g/mol. The van der Waals surface area contributed by atoms with E-state index < -0.39 is 15.9 Å². The molecule has 0 spiro atoms. The highest BCUT2D eigenvalue weighted by molar-refractivity contribution is 7.90. The molecule has 0 saturated heterocycles. The molecular formula is C17H16N4O4S. The number of hydroxylamine groups is 1. The fourth-order valence-electron chi connectivity index (χ4n) is 2.34. The lowest BCUT2D eigenvalue weighted by Crippen LogP contribution is -2.14. The molecule has 2 N–H and O–H groups in total. The molecule has 2 aromatic heterocycles. The highest BCUT2D eigenvalue weighted by atomic mass is 32.2. The zero-order chi connectivity index (χ0) is 18.7. The van der Waals surface area contributed by atoms with Crippen molar-refractivity contribution < 1.29 is 18.4 Å². The number of carbonyl (C=O) groups is 1. The van der Waals surface area contributed by atoms with E-state index in [0.29, 0.717) is 5.56 Å². The van der Waals surface area contributed by atoms with E-state index in [1.54, 1.807) is 22.9 Å². The third-order valence-corrected chi connectivity index (χ3v) is 5.32. The maximum atomic E-state index is 12.7. The number of benzene rings is 1. The molecule has 0 aliphatic heterocycles. The van der Waals surface area contributed by atoms with Crippen molar-refractivity contribution in [3.05, 3.63) is 66.6 Å². The molecular weight excluding hydrogens is 356 g/mol. The van der Waals surface area contributed by atoms with Crippen molar-refractivity contribution in [2.45, 2.75) is 4.90 Å². The Kier molecular flexibility index (Phi) is 4.74. The molecule has 0 unspecified atom stereocenters. The van der Waals surface area contributed by atoms with Gasteiger partial charge in [0.2, 0.25) is 0 Å². The molecule has 0 saturated carbocycles. The van der Waals surface area contributed by atoms with Crippen molar-refractivity contribution in [3.63, 3.8) is 0 Å². The molecule has 2 heterocycles. The summed E-state index contributed by atoms with van der Waals surface area (Å²) in [5.74, 6) is -0.703. The summed E-state index contributed by atoms with van der Waals surface area (Å²) in [5.41, 5.74) is 3.54. The molecule has 26 heavy (non-hydrogen) atoms. The number of aromatic nitrogens is 3.